The number of nitrogens with two attached hydrogens (primary N) is 1. The quantitative estimate of drug-likeness (QED) is 0.713. The zero-order chi connectivity index (χ0) is 11.3. The molecule has 1 rings (SSSR count). The third-order valence-corrected chi connectivity index (χ3v) is 3.90. The van der Waals surface area contributed by atoms with E-state index in [9.17, 15) is 0 Å². The van der Waals surface area contributed by atoms with Crippen LogP contribution in [-0.4, -0.2) is 20.3 Å². The van der Waals surface area contributed by atoms with E-state index < -0.39 is 0 Å². The first-order chi connectivity index (χ1) is 7.09. The predicted octanol–water partition coefficient (Wildman–Crippen LogP) is 2.81. The molecule has 0 amide bonds. The van der Waals surface area contributed by atoms with Gasteiger partial charge in [-0.25, -0.2) is 0 Å². The molecule has 0 spiro atoms. The number of hydrogen-bond donors (Lipinski definition) is 1. The Labute approximate surface area is 94.6 Å². The highest BCUT2D eigenvalue weighted by molar-refractivity contribution is 4.85. The average Bonchev–Trinajstić information content (AvgIpc) is 2.17. The lowest BCUT2D eigenvalue weighted by molar-refractivity contribution is 0.103. The van der Waals surface area contributed by atoms with Gasteiger partial charge in [0.05, 0.1) is 0 Å². The Balaban J connectivity index is 2.41. The van der Waals surface area contributed by atoms with Crippen molar-refractivity contribution in [3.8, 4) is 0 Å². The van der Waals surface area contributed by atoms with Gasteiger partial charge in [-0.3, -0.25) is 0 Å². The molecule has 90 valence electrons. The monoisotopic (exact) mass is 213 g/mol. The average molecular weight is 213 g/mol. The molecule has 0 aromatic carbocycles. The number of methoxy groups -OCH3 is 1. The molecule has 0 bridgehead atoms. The zero-order valence-electron chi connectivity index (χ0n) is 10.6. The van der Waals surface area contributed by atoms with Crippen molar-refractivity contribution in [3.05, 3.63) is 0 Å². The van der Waals surface area contributed by atoms with Crippen molar-refractivity contribution in [3.63, 3.8) is 0 Å². The van der Waals surface area contributed by atoms with Crippen molar-refractivity contribution in [2.24, 2.45) is 23.0 Å². The summed E-state index contributed by atoms with van der Waals surface area (Å²) in [7, 11) is 1.78. The lowest BCUT2D eigenvalue weighted by Crippen LogP contribution is -2.34. The van der Waals surface area contributed by atoms with Gasteiger partial charge in [-0.1, -0.05) is 13.8 Å². The van der Waals surface area contributed by atoms with Crippen LogP contribution in [0.3, 0.4) is 0 Å². The maximum Gasteiger partial charge on any atom is 0.0462 e. The van der Waals surface area contributed by atoms with Gasteiger partial charge in [0.1, 0.15) is 0 Å². The normalized spacial score (nSPS) is 30.4. The van der Waals surface area contributed by atoms with Crippen LogP contribution in [0.2, 0.25) is 0 Å². The minimum Gasteiger partial charge on any atom is -0.385 e. The second-order valence-electron chi connectivity index (χ2n) is 5.80. The summed E-state index contributed by atoms with van der Waals surface area (Å²) in [6.07, 6.45) is 6.49. The second-order valence-corrected chi connectivity index (χ2v) is 5.80. The van der Waals surface area contributed by atoms with Gasteiger partial charge in [0.25, 0.3) is 0 Å². The van der Waals surface area contributed by atoms with Gasteiger partial charge in [0, 0.05) is 13.7 Å². The third kappa shape index (κ3) is 4.12. The minimum absolute atomic E-state index is 0.531. The fraction of sp³-hybridized carbons (Fsp3) is 1.00. The van der Waals surface area contributed by atoms with Gasteiger partial charge in [0.15, 0.2) is 0 Å². The topological polar surface area (TPSA) is 35.2 Å². The van der Waals surface area contributed by atoms with Gasteiger partial charge < -0.3 is 10.5 Å². The Morgan fingerprint density at radius 1 is 1.33 bits per heavy atom. The summed E-state index contributed by atoms with van der Waals surface area (Å²) in [6.45, 7) is 6.55. The molecule has 0 aliphatic heterocycles. The Bertz CT molecular complexity index is 179. The predicted molar refractivity (Wildman–Crippen MR) is 64.8 cm³/mol. The van der Waals surface area contributed by atoms with Gasteiger partial charge in [-0.15, -0.1) is 0 Å². The van der Waals surface area contributed by atoms with Crippen LogP contribution in [0.25, 0.3) is 0 Å². The summed E-state index contributed by atoms with van der Waals surface area (Å²) in [5.74, 6) is 1.59. The SMILES string of the molecule is COCCCC1CC(C)(C)CCC1CN. The van der Waals surface area contributed by atoms with Crippen LogP contribution in [0.1, 0.15) is 46.0 Å². The first kappa shape index (κ1) is 13.0. The summed E-state index contributed by atoms with van der Waals surface area (Å²) >= 11 is 0. The van der Waals surface area contributed by atoms with Crippen molar-refractivity contribution in [2.45, 2.75) is 46.0 Å². The first-order valence-electron chi connectivity index (χ1n) is 6.28. The van der Waals surface area contributed by atoms with E-state index in [4.69, 9.17) is 10.5 Å². The van der Waals surface area contributed by atoms with E-state index in [1.54, 1.807) is 7.11 Å². The summed E-state index contributed by atoms with van der Waals surface area (Å²) in [4.78, 5) is 0. The smallest absolute Gasteiger partial charge is 0.0462 e. The molecule has 0 saturated heterocycles. The van der Waals surface area contributed by atoms with Crippen LogP contribution in [-0.2, 0) is 4.74 Å². The van der Waals surface area contributed by atoms with Gasteiger partial charge >= 0.3 is 0 Å². The highest BCUT2D eigenvalue weighted by Crippen LogP contribution is 2.43. The van der Waals surface area contributed by atoms with Crippen molar-refractivity contribution in [2.75, 3.05) is 20.3 Å². The Morgan fingerprint density at radius 3 is 2.67 bits per heavy atom. The molecule has 1 saturated carbocycles. The minimum atomic E-state index is 0.531. The number of ether oxygens (including phenoxy) is 1. The van der Waals surface area contributed by atoms with E-state index in [0.717, 1.165) is 25.0 Å². The summed E-state index contributed by atoms with van der Waals surface area (Å²) in [5, 5.41) is 0. The molecule has 0 aromatic heterocycles. The summed E-state index contributed by atoms with van der Waals surface area (Å²) < 4.78 is 5.12. The van der Waals surface area contributed by atoms with E-state index in [0.29, 0.717) is 5.41 Å². The molecule has 1 aliphatic rings. The van der Waals surface area contributed by atoms with Crippen LogP contribution in [0.5, 0.6) is 0 Å². The van der Waals surface area contributed by atoms with Crippen molar-refractivity contribution < 1.29 is 4.74 Å². The van der Waals surface area contributed by atoms with E-state index in [2.05, 4.69) is 13.8 Å². The number of rotatable bonds is 5. The molecular weight excluding hydrogens is 186 g/mol. The van der Waals surface area contributed by atoms with Crippen LogP contribution < -0.4 is 5.73 Å². The second kappa shape index (κ2) is 5.86. The Kier molecular flexibility index (Phi) is 5.07. The van der Waals surface area contributed by atoms with E-state index in [-0.39, 0.29) is 0 Å². The van der Waals surface area contributed by atoms with Crippen LogP contribution in [0.15, 0.2) is 0 Å². The molecule has 2 atom stereocenters. The fourth-order valence-corrected chi connectivity index (χ4v) is 2.93. The van der Waals surface area contributed by atoms with Crippen molar-refractivity contribution in [1.29, 1.82) is 0 Å². The van der Waals surface area contributed by atoms with Crippen molar-refractivity contribution >= 4 is 0 Å². The lowest BCUT2D eigenvalue weighted by atomic mass is 9.66. The van der Waals surface area contributed by atoms with Gasteiger partial charge in [-0.05, 0) is 55.9 Å². The molecule has 1 aliphatic carbocycles. The molecule has 0 heterocycles. The molecular formula is C13H27NO. The van der Waals surface area contributed by atoms with E-state index in [1.807, 2.05) is 0 Å². The first-order valence-corrected chi connectivity index (χ1v) is 6.28. The summed E-state index contributed by atoms with van der Waals surface area (Å²) in [5.41, 5.74) is 6.39. The highest BCUT2D eigenvalue weighted by Gasteiger charge is 2.33. The van der Waals surface area contributed by atoms with Crippen LogP contribution in [0.4, 0.5) is 0 Å². The molecule has 15 heavy (non-hydrogen) atoms. The molecule has 2 nitrogen and oxygen atoms in total. The zero-order valence-corrected chi connectivity index (χ0v) is 10.6. The van der Waals surface area contributed by atoms with Crippen LogP contribution >= 0.6 is 0 Å². The van der Waals surface area contributed by atoms with E-state index >= 15 is 0 Å². The van der Waals surface area contributed by atoms with Gasteiger partial charge in [-0.2, -0.15) is 0 Å². The molecule has 2 heteroatoms. The van der Waals surface area contributed by atoms with Crippen molar-refractivity contribution in [1.82, 2.24) is 0 Å². The molecule has 0 aromatic rings. The van der Waals surface area contributed by atoms with E-state index in [1.165, 1.54) is 32.1 Å². The maximum atomic E-state index is 5.86. The third-order valence-electron chi connectivity index (χ3n) is 3.90. The molecule has 1 fully saturated rings. The van der Waals surface area contributed by atoms with Crippen LogP contribution in [0, 0.1) is 17.3 Å². The standard InChI is InChI=1S/C13H27NO/c1-13(2)7-6-12(10-14)11(9-13)5-4-8-15-3/h11-12H,4-10,14H2,1-3H3. The maximum absolute atomic E-state index is 5.86. The largest absolute Gasteiger partial charge is 0.385 e. The fourth-order valence-electron chi connectivity index (χ4n) is 2.93. The molecule has 0 radical (unpaired) electrons. The molecule has 2 unspecified atom stereocenters. The summed E-state index contributed by atoms with van der Waals surface area (Å²) in [6, 6.07) is 0. The molecule has 2 N–H and O–H groups in total. The highest BCUT2D eigenvalue weighted by atomic mass is 16.5. The lowest BCUT2D eigenvalue weighted by Gasteiger charge is -2.40. The van der Waals surface area contributed by atoms with Gasteiger partial charge in [0.2, 0.25) is 0 Å². The Hall–Kier alpha value is -0.0800. The Morgan fingerprint density at radius 2 is 2.07 bits per heavy atom. The number of hydrogen-bond acceptors (Lipinski definition) is 2.